The Morgan fingerprint density at radius 1 is 1.16 bits per heavy atom. The van der Waals surface area contributed by atoms with E-state index in [9.17, 15) is 19.1 Å². The average molecular weight is 361 g/mol. The van der Waals surface area contributed by atoms with Crippen molar-refractivity contribution in [2.75, 3.05) is 11.9 Å². The Balaban J connectivity index is 1.76. The van der Waals surface area contributed by atoms with E-state index in [1.807, 2.05) is 0 Å². The lowest BCUT2D eigenvalue weighted by Gasteiger charge is -2.07. The van der Waals surface area contributed by atoms with Crippen molar-refractivity contribution in [2.24, 2.45) is 0 Å². The second kappa shape index (κ2) is 6.94. The first kappa shape index (κ1) is 17.0. The van der Waals surface area contributed by atoms with Gasteiger partial charge in [-0.05, 0) is 42.5 Å². The summed E-state index contributed by atoms with van der Waals surface area (Å²) in [6.45, 7) is 0.242. The summed E-state index contributed by atoms with van der Waals surface area (Å²) in [6.07, 6.45) is 0.144. The van der Waals surface area contributed by atoms with Crippen molar-refractivity contribution >= 4 is 39.9 Å². The van der Waals surface area contributed by atoms with Gasteiger partial charge in [0.05, 0.1) is 5.69 Å². The number of aromatic nitrogens is 1. The van der Waals surface area contributed by atoms with E-state index in [4.69, 9.17) is 11.6 Å². The van der Waals surface area contributed by atoms with Crippen molar-refractivity contribution in [1.29, 1.82) is 0 Å². The number of benzene rings is 2. The second-order valence-electron chi connectivity index (χ2n) is 5.48. The molecule has 5 nitrogen and oxygen atoms in total. The van der Waals surface area contributed by atoms with Crippen molar-refractivity contribution in [1.82, 2.24) is 4.98 Å². The Hall–Kier alpha value is -2.86. The van der Waals surface area contributed by atoms with E-state index in [1.165, 1.54) is 24.3 Å². The van der Waals surface area contributed by atoms with Crippen LogP contribution in [-0.2, 0) is 0 Å². The van der Waals surface area contributed by atoms with Gasteiger partial charge in [-0.25, -0.2) is 9.18 Å². The number of Topliss-reactive ketones (excluding diaryl/α,β-unsaturated/α-hetero) is 1. The van der Waals surface area contributed by atoms with Gasteiger partial charge in [-0.15, -0.1) is 0 Å². The predicted octanol–water partition coefficient (Wildman–Crippen LogP) is 4.34. The van der Waals surface area contributed by atoms with Crippen LogP contribution in [0.3, 0.4) is 0 Å². The lowest BCUT2D eigenvalue weighted by molar-refractivity contribution is 0.0692. The number of hydrogen-bond acceptors (Lipinski definition) is 3. The van der Waals surface area contributed by atoms with Crippen LogP contribution >= 0.6 is 11.6 Å². The molecule has 128 valence electrons. The molecule has 0 amide bonds. The number of fused-ring (bicyclic) bond motifs is 1. The van der Waals surface area contributed by atoms with Crippen molar-refractivity contribution in [2.45, 2.75) is 6.42 Å². The number of halogens is 2. The zero-order valence-corrected chi connectivity index (χ0v) is 13.7. The van der Waals surface area contributed by atoms with Gasteiger partial charge in [0.25, 0.3) is 0 Å². The number of nitrogens with one attached hydrogen (secondary N) is 2. The fourth-order valence-corrected chi connectivity index (χ4v) is 2.77. The number of aromatic amines is 1. The Morgan fingerprint density at radius 3 is 2.56 bits per heavy atom. The third kappa shape index (κ3) is 3.64. The van der Waals surface area contributed by atoms with Crippen LogP contribution < -0.4 is 5.32 Å². The van der Waals surface area contributed by atoms with E-state index in [1.54, 1.807) is 18.2 Å². The van der Waals surface area contributed by atoms with E-state index in [0.29, 0.717) is 27.2 Å². The summed E-state index contributed by atoms with van der Waals surface area (Å²) < 4.78 is 12.9. The van der Waals surface area contributed by atoms with Crippen LogP contribution in [0.1, 0.15) is 27.3 Å². The lowest BCUT2D eigenvalue weighted by Crippen LogP contribution is -2.11. The second-order valence-corrected chi connectivity index (χ2v) is 5.91. The quantitative estimate of drug-likeness (QED) is 0.571. The minimum absolute atomic E-state index is 0.00602. The molecule has 1 aromatic heterocycles. The van der Waals surface area contributed by atoms with Gasteiger partial charge in [-0.1, -0.05) is 11.6 Å². The Morgan fingerprint density at radius 2 is 1.88 bits per heavy atom. The smallest absolute Gasteiger partial charge is 0.354 e. The minimum Gasteiger partial charge on any atom is -0.477 e. The van der Waals surface area contributed by atoms with E-state index >= 15 is 0 Å². The molecule has 0 fully saturated rings. The van der Waals surface area contributed by atoms with Crippen molar-refractivity contribution in [3.63, 3.8) is 0 Å². The fraction of sp³-hybridized carbons (Fsp3) is 0.111. The van der Waals surface area contributed by atoms with Crippen molar-refractivity contribution in [3.05, 3.63) is 64.6 Å². The normalized spacial score (nSPS) is 10.8. The molecule has 3 N–H and O–H groups in total. The molecule has 0 aliphatic rings. The highest BCUT2D eigenvalue weighted by molar-refractivity contribution is 6.31. The van der Waals surface area contributed by atoms with Gasteiger partial charge in [-0.3, -0.25) is 4.79 Å². The average Bonchev–Trinajstić information content (AvgIpc) is 2.93. The Labute approximate surface area is 147 Å². The summed E-state index contributed by atoms with van der Waals surface area (Å²) in [7, 11) is 0. The molecule has 2 aromatic carbocycles. The number of anilines is 1. The number of aromatic carboxylic acids is 1. The highest BCUT2D eigenvalue weighted by Crippen LogP contribution is 2.30. The minimum atomic E-state index is -1.11. The van der Waals surface area contributed by atoms with Gasteiger partial charge in [-0.2, -0.15) is 0 Å². The molecule has 7 heteroatoms. The summed E-state index contributed by atoms with van der Waals surface area (Å²) in [4.78, 5) is 26.3. The molecule has 0 aliphatic carbocycles. The fourth-order valence-electron chi connectivity index (χ4n) is 2.59. The number of ketones is 1. The van der Waals surface area contributed by atoms with Gasteiger partial charge in [0.1, 0.15) is 11.5 Å². The monoisotopic (exact) mass is 360 g/mol. The maximum atomic E-state index is 12.9. The van der Waals surface area contributed by atoms with Gasteiger partial charge in [0, 0.05) is 34.5 Å². The number of H-pyrrole nitrogens is 1. The largest absolute Gasteiger partial charge is 0.477 e. The summed E-state index contributed by atoms with van der Waals surface area (Å²) in [5.74, 6) is -1.68. The maximum Gasteiger partial charge on any atom is 0.354 e. The molecule has 0 bridgehead atoms. The first-order chi connectivity index (χ1) is 12.0. The predicted molar refractivity (Wildman–Crippen MR) is 94.1 cm³/mol. The van der Waals surface area contributed by atoms with Crippen LogP contribution in [0.2, 0.25) is 5.02 Å². The van der Waals surface area contributed by atoms with Gasteiger partial charge in [0.2, 0.25) is 0 Å². The first-order valence-electron chi connectivity index (χ1n) is 7.53. The third-order valence-corrected chi connectivity index (χ3v) is 4.03. The van der Waals surface area contributed by atoms with Gasteiger partial charge < -0.3 is 15.4 Å². The number of carboxylic acid groups (broad SMARTS) is 1. The van der Waals surface area contributed by atoms with Crippen LogP contribution in [0.15, 0.2) is 42.5 Å². The summed E-state index contributed by atoms with van der Waals surface area (Å²) >= 11 is 5.93. The van der Waals surface area contributed by atoms with Crippen LogP contribution in [-0.4, -0.2) is 28.4 Å². The number of carbonyl (C=O) groups excluding carboxylic acids is 1. The van der Waals surface area contributed by atoms with Crippen LogP contribution in [0.5, 0.6) is 0 Å². The topological polar surface area (TPSA) is 82.2 Å². The van der Waals surface area contributed by atoms with E-state index in [2.05, 4.69) is 10.3 Å². The lowest BCUT2D eigenvalue weighted by atomic mass is 10.1. The van der Waals surface area contributed by atoms with E-state index in [0.717, 1.165) is 0 Å². The van der Waals surface area contributed by atoms with E-state index < -0.39 is 11.8 Å². The number of hydrogen-bond donors (Lipinski definition) is 3. The van der Waals surface area contributed by atoms with Crippen molar-refractivity contribution in [3.8, 4) is 0 Å². The zero-order valence-electron chi connectivity index (χ0n) is 13.0. The number of carbonyl (C=O) groups is 2. The Bertz CT molecular complexity index is 951. The molecule has 0 radical (unpaired) electrons. The third-order valence-electron chi connectivity index (χ3n) is 3.79. The highest BCUT2D eigenvalue weighted by atomic mass is 35.5. The van der Waals surface area contributed by atoms with Gasteiger partial charge in [0.15, 0.2) is 5.78 Å². The van der Waals surface area contributed by atoms with Crippen molar-refractivity contribution < 1.29 is 19.1 Å². The molecule has 0 atom stereocenters. The van der Waals surface area contributed by atoms with Crippen LogP contribution in [0.4, 0.5) is 10.1 Å². The summed E-state index contributed by atoms with van der Waals surface area (Å²) in [5, 5.41) is 13.5. The first-order valence-corrected chi connectivity index (χ1v) is 7.90. The zero-order chi connectivity index (χ0) is 18.0. The molecule has 0 spiro atoms. The molecule has 0 saturated heterocycles. The van der Waals surface area contributed by atoms with Crippen LogP contribution in [0.25, 0.3) is 10.9 Å². The molecular weight excluding hydrogens is 347 g/mol. The number of carboxylic acids is 1. The Kier molecular flexibility index (Phi) is 4.72. The molecule has 0 saturated carbocycles. The highest BCUT2D eigenvalue weighted by Gasteiger charge is 2.17. The molecule has 0 aliphatic heterocycles. The standard InChI is InChI=1S/C18H14ClFN2O3/c19-11-3-6-13-14(9-11)22-17(18(24)25)16(13)21-8-7-15(23)10-1-4-12(20)5-2-10/h1-6,9,21-22H,7-8H2,(H,24,25). The van der Waals surface area contributed by atoms with Gasteiger partial charge >= 0.3 is 5.97 Å². The molecule has 1 heterocycles. The summed E-state index contributed by atoms with van der Waals surface area (Å²) in [5.41, 5.74) is 1.42. The maximum absolute atomic E-state index is 12.9. The summed E-state index contributed by atoms with van der Waals surface area (Å²) in [6, 6.07) is 10.3. The molecule has 3 rings (SSSR count). The molecule has 0 unspecified atom stereocenters. The number of rotatable bonds is 6. The SMILES string of the molecule is O=C(CCNc1c(C(=O)O)[nH]c2cc(Cl)ccc12)c1ccc(F)cc1. The van der Waals surface area contributed by atoms with E-state index in [-0.39, 0.29) is 24.4 Å². The molecule has 25 heavy (non-hydrogen) atoms. The molecular formula is C18H14ClFN2O3. The van der Waals surface area contributed by atoms with Crippen LogP contribution in [0, 0.1) is 5.82 Å². The molecule has 3 aromatic rings.